The fraction of sp³-hybridized carbons (Fsp3) is 0.438. The monoisotopic (exact) mass is 322 g/mol. The molecule has 0 fully saturated rings. The number of anilines is 2. The van der Waals surface area contributed by atoms with Gasteiger partial charge in [-0.25, -0.2) is 0 Å². The number of amides is 2. The predicted octanol–water partition coefficient (Wildman–Crippen LogP) is 2.48. The van der Waals surface area contributed by atoms with E-state index in [1.54, 1.807) is 32.0 Å². The number of methoxy groups -OCH3 is 1. The summed E-state index contributed by atoms with van der Waals surface area (Å²) in [6, 6.07) is 4.86. The maximum Gasteiger partial charge on any atom is 0.303 e. The number of nitrogens with one attached hydrogen (secondary N) is 2. The highest BCUT2D eigenvalue weighted by Gasteiger charge is 2.25. The molecule has 3 N–H and O–H groups in total. The predicted molar refractivity (Wildman–Crippen MR) is 86.6 cm³/mol. The second-order valence-corrected chi connectivity index (χ2v) is 6.06. The first kappa shape index (κ1) is 18.5. The summed E-state index contributed by atoms with van der Waals surface area (Å²) in [7, 11) is 1.48. The van der Waals surface area contributed by atoms with E-state index in [4.69, 9.17) is 9.84 Å². The van der Waals surface area contributed by atoms with Gasteiger partial charge in [-0.15, -0.1) is 0 Å². The third-order valence-electron chi connectivity index (χ3n) is 3.06. The van der Waals surface area contributed by atoms with Crippen molar-refractivity contribution in [2.45, 2.75) is 33.6 Å². The van der Waals surface area contributed by atoms with Gasteiger partial charge in [-0.3, -0.25) is 14.4 Å². The van der Waals surface area contributed by atoms with Gasteiger partial charge in [0.15, 0.2) is 0 Å². The van der Waals surface area contributed by atoms with Crippen LogP contribution >= 0.6 is 0 Å². The molecule has 1 aromatic rings. The van der Waals surface area contributed by atoms with Gasteiger partial charge in [0.25, 0.3) is 0 Å². The molecule has 0 heterocycles. The second kappa shape index (κ2) is 7.62. The summed E-state index contributed by atoms with van der Waals surface area (Å²) in [6.07, 6.45) is -0.0268. The smallest absolute Gasteiger partial charge is 0.303 e. The molecule has 0 radical (unpaired) electrons. The van der Waals surface area contributed by atoms with E-state index < -0.39 is 11.4 Å². The summed E-state index contributed by atoms with van der Waals surface area (Å²) >= 11 is 0. The Labute approximate surface area is 135 Å². The first-order chi connectivity index (χ1) is 10.6. The van der Waals surface area contributed by atoms with E-state index >= 15 is 0 Å². The summed E-state index contributed by atoms with van der Waals surface area (Å²) in [5, 5.41) is 14.2. The van der Waals surface area contributed by atoms with Gasteiger partial charge in [-0.1, -0.05) is 13.8 Å². The molecular formula is C16H22N2O5. The number of hydrogen-bond acceptors (Lipinski definition) is 4. The molecule has 0 aliphatic heterocycles. The highest BCUT2D eigenvalue weighted by Crippen LogP contribution is 2.29. The molecule has 0 atom stereocenters. The molecule has 0 saturated heterocycles. The number of carbonyl (C=O) groups excluding carboxylic acids is 2. The molecule has 0 bridgehead atoms. The van der Waals surface area contributed by atoms with Crippen LogP contribution in [0.3, 0.4) is 0 Å². The van der Waals surface area contributed by atoms with Crippen LogP contribution in [0.15, 0.2) is 18.2 Å². The third-order valence-corrected chi connectivity index (χ3v) is 3.06. The number of ether oxygens (including phenoxy) is 1. The number of aliphatic carboxylic acids is 1. The van der Waals surface area contributed by atoms with E-state index in [2.05, 4.69) is 10.6 Å². The lowest BCUT2D eigenvalue weighted by molar-refractivity contribution is -0.139. The fourth-order valence-electron chi connectivity index (χ4n) is 2.18. The lowest BCUT2D eigenvalue weighted by atomic mass is 9.85. The molecule has 7 heteroatoms. The topological polar surface area (TPSA) is 105 Å². The Balaban J connectivity index is 2.82. The molecule has 0 aliphatic rings. The summed E-state index contributed by atoms with van der Waals surface area (Å²) in [5.41, 5.74) is 0.288. The lowest BCUT2D eigenvalue weighted by Gasteiger charge is -2.21. The van der Waals surface area contributed by atoms with Crippen molar-refractivity contribution in [3.63, 3.8) is 0 Å². The average molecular weight is 322 g/mol. The Morgan fingerprint density at radius 2 is 1.83 bits per heavy atom. The van der Waals surface area contributed by atoms with E-state index in [1.807, 2.05) is 0 Å². The first-order valence-corrected chi connectivity index (χ1v) is 7.10. The van der Waals surface area contributed by atoms with E-state index in [0.29, 0.717) is 17.1 Å². The fourth-order valence-corrected chi connectivity index (χ4v) is 2.18. The van der Waals surface area contributed by atoms with Crippen molar-refractivity contribution in [2.75, 3.05) is 17.7 Å². The summed E-state index contributed by atoms with van der Waals surface area (Å²) < 4.78 is 5.14. The highest BCUT2D eigenvalue weighted by atomic mass is 16.5. The van der Waals surface area contributed by atoms with Crippen LogP contribution in [0.25, 0.3) is 0 Å². The van der Waals surface area contributed by atoms with E-state index in [-0.39, 0.29) is 24.7 Å². The van der Waals surface area contributed by atoms with Crippen molar-refractivity contribution in [3.8, 4) is 5.75 Å². The minimum absolute atomic E-state index is 0.0702. The molecule has 0 aliphatic carbocycles. The number of rotatable bonds is 7. The van der Waals surface area contributed by atoms with Crippen LogP contribution in [0.2, 0.25) is 0 Å². The largest absolute Gasteiger partial charge is 0.495 e. The molecule has 0 unspecified atom stereocenters. The van der Waals surface area contributed by atoms with Crippen LogP contribution in [0.5, 0.6) is 5.75 Å². The minimum Gasteiger partial charge on any atom is -0.495 e. The molecule has 0 aromatic heterocycles. The maximum absolute atomic E-state index is 12.1. The van der Waals surface area contributed by atoms with E-state index in [0.717, 1.165) is 0 Å². The van der Waals surface area contributed by atoms with Crippen molar-refractivity contribution in [3.05, 3.63) is 18.2 Å². The summed E-state index contributed by atoms with van der Waals surface area (Å²) in [4.78, 5) is 34.1. The Hall–Kier alpha value is -2.57. The zero-order chi connectivity index (χ0) is 17.6. The number of carbonyl (C=O) groups is 3. The number of benzene rings is 1. The van der Waals surface area contributed by atoms with Gasteiger partial charge in [0.1, 0.15) is 5.75 Å². The van der Waals surface area contributed by atoms with E-state index in [9.17, 15) is 14.4 Å². The molecule has 0 saturated carbocycles. The second-order valence-electron chi connectivity index (χ2n) is 6.06. The quantitative estimate of drug-likeness (QED) is 0.715. The zero-order valence-electron chi connectivity index (χ0n) is 13.7. The molecular weight excluding hydrogens is 300 g/mol. The van der Waals surface area contributed by atoms with Crippen molar-refractivity contribution >= 4 is 29.2 Å². The summed E-state index contributed by atoms with van der Waals surface area (Å²) in [6.45, 7) is 4.81. The van der Waals surface area contributed by atoms with Gasteiger partial charge in [-0.05, 0) is 23.6 Å². The van der Waals surface area contributed by atoms with Crippen molar-refractivity contribution in [1.29, 1.82) is 0 Å². The molecule has 1 aromatic carbocycles. The number of carboxylic acids is 1. The normalized spacial score (nSPS) is 10.8. The maximum atomic E-state index is 12.1. The SMILES string of the molecule is COc1ccc(NC(=O)CC(C)(C)CC(=O)O)cc1NC(C)=O. The van der Waals surface area contributed by atoms with Gasteiger partial charge in [-0.2, -0.15) is 0 Å². The van der Waals surface area contributed by atoms with Crippen LogP contribution in [0, 0.1) is 5.41 Å². The third kappa shape index (κ3) is 6.37. The Morgan fingerprint density at radius 1 is 1.17 bits per heavy atom. The van der Waals surface area contributed by atoms with Crippen molar-refractivity contribution < 1.29 is 24.2 Å². The number of hydrogen-bond donors (Lipinski definition) is 3. The first-order valence-electron chi connectivity index (χ1n) is 7.10. The molecule has 126 valence electrons. The van der Waals surface area contributed by atoms with E-state index in [1.165, 1.54) is 14.0 Å². The van der Waals surface area contributed by atoms with Gasteiger partial charge in [0.2, 0.25) is 11.8 Å². The lowest BCUT2D eigenvalue weighted by Crippen LogP contribution is -2.24. The molecule has 1 rings (SSSR count). The zero-order valence-corrected chi connectivity index (χ0v) is 13.7. The molecule has 0 spiro atoms. The van der Waals surface area contributed by atoms with Gasteiger partial charge >= 0.3 is 5.97 Å². The Bertz CT molecular complexity index is 610. The Morgan fingerprint density at radius 3 is 2.35 bits per heavy atom. The molecule has 2 amide bonds. The van der Waals surface area contributed by atoms with Gasteiger partial charge < -0.3 is 20.5 Å². The van der Waals surface area contributed by atoms with Crippen LogP contribution in [0.4, 0.5) is 11.4 Å². The summed E-state index contributed by atoms with van der Waals surface area (Å²) in [5.74, 6) is -1.02. The van der Waals surface area contributed by atoms with Gasteiger partial charge in [0, 0.05) is 19.0 Å². The Kier molecular flexibility index (Phi) is 6.12. The van der Waals surface area contributed by atoms with Crippen molar-refractivity contribution in [2.24, 2.45) is 5.41 Å². The van der Waals surface area contributed by atoms with Crippen LogP contribution in [-0.4, -0.2) is 30.0 Å². The van der Waals surface area contributed by atoms with Crippen molar-refractivity contribution in [1.82, 2.24) is 0 Å². The van der Waals surface area contributed by atoms with Crippen LogP contribution < -0.4 is 15.4 Å². The average Bonchev–Trinajstić information content (AvgIpc) is 2.35. The van der Waals surface area contributed by atoms with Gasteiger partial charge in [0.05, 0.1) is 19.2 Å². The minimum atomic E-state index is -0.944. The number of carboxylic acid groups (broad SMARTS) is 1. The van der Waals surface area contributed by atoms with Crippen LogP contribution in [0.1, 0.15) is 33.6 Å². The van der Waals surface area contributed by atoms with Crippen LogP contribution in [-0.2, 0) is 14.4 Å². The highest BCUT2D eigenvalue weighted by molar-refractivity contribution is 5.95. The standard InChI is InChI=1S/C16H22N2O5/c1-10(19)17-12-7-11(5-6-13(12)23-4)18-14(20)8-16(2,3)9-15(21)22/h5-7H,8-9H2,1-4H3,(H,17,19)(H,18,20)(H,21,22). The molecule has 23 heavy (non-hydrogen) atoms. The molecule has 7 nitrogen and oxygen atoms in total.